The molecule has 0 aliphatic heterocycles. The fraction of sp³-hybridized carbons (Fsp3) is 0.438. The maximum atomic E-state index is 11.9. The second-order valence-electron chi connectivity index (χ2n) is 5.11. The van der Waals surface area contributed by atoms with Gasteiger partial charge in [0.2, 0.25) is 5.91 Å². The molecule has 1 aromatic carbocycles. The molecule has 0 saturated heterocycles. The first kappa shape index (κ1) is 17.7. The molecule has 0 heterocycles. The van der Waals surface area contributed by atoms with Gasteiger partial charge in [0, 0.05) is 24.1 Å². The van der Waals surface area contributed by atoms with E-state index in [1.807, 2.05) is 0 Å². The Bertz CT molecular complexity index is 529. The van der Waals surface area contributed by atoms with Crippen molar-refractivity contribution >= 4 is 17.8 Å². The van der Waals surface area contributed by atoms with Crippen LogP contribution in [0.2, 0.25) is 0 Å². The van der Waals surface area contributed by atoms with Crippen molar-refractivity contribution in [2.24, 2.45) is 5.73 Å². The lowest BCUT2D eigenvalue weighted by Gasteiger charge is -2.06. The van der Waals surface area contributed by atoms with Crippen LogP contribution in [0.3, 0.4) is 0 Å². The fourth-order valence-electron chi connectivity index (χ4n) is 2.05. The van der Waals surface area contributed by atoms with Gasteiger partial charge in [-0.25, -0.2) is 0 Å². The Kier molecular flexibility index (Phi) is 7.67. The molecular weight excluding hydrogens is 284 g/mol. The van der Waals surface area contributed by atoms with E-state index < -0.39 is 11.9 Å². The molecule has 120 valence electrons. The molecule has 0 aliphatic rings. The van der Waals surface area contributed by atoms with Gasteiger partial charge in [0.15, 0.2) is 0 Å². The van der Waals surface area contributed by atoms with Crippen molar-refractivity contribution in [1.29, 1.82) is 0 Å². The predicted octanol–water partition coefficient (Wildman–Crippen LogP) is 1.94. The molecule has 0 fully saturated rings. The summed E-state index contributed by atoms with van der Waals surface area (Å²) in [6, 6.07) is 6.30. The summed E-state index contributed by atoms with van der Waals surface area (Å²) in [6.45, 7) is 0.554. The molecule has 0 aromatic heterocycles. The van der Waals surface area contributed by atoms with E-state index in [9.17, 15) is 14.4 Å². The Morgan fingerprint density at radius 3 is 2.32 bits per heavy atom. The molecule has 0 bridgehead atoms. The summed E-state index contributed by atoms with van der Waals surface area (Å²) >= 11 is 0. The molecule has 0 radical (unpaired) electrons. The van der Waals surface area contributed by atoms with Crippen LogP contribution >= 0.6 is 0 Å². The van der Waals surface area contributed by atoms with Crippen molar-refractivity contribution in [2.45, 2.75) is 38.5 Å². The maximum Gasteiger partial charge on any atom is 0.303 e. The van der Waals surface area contributed by atoms with Crippen LogP contribution < -0.4 is 11.1 Å². The number of rotatable bonds is 10. The van der Waals surface area contributed by atoms with Crippen LogP contribution in [-0.4, -0.2) is 29.4 Å². The Morgan fingerprint density at radius 2 is 1.64 bits per heavy atom. The summed E-state index contributed by atoms with van der Waals surface area (Å²) in [4.78, 5) is 33.3. The Hall–Kier alpha value is -2.37. The van der Waals surface area contributed by atoms with Gasteiger partial charge in [-0.3, -0.25) is 14.4 Å². The van der Waals surface area contributed by atoms with E-state index >= 15 is 0 Å². The number of carbonyl (C=O) groups excluding carboxylic acids is 2. The zero-order valence-corrected chi connectivity index (χ0v) is 12.5. The Morgan fingerprint density at radius 1 is 1.00 bits per heavy atom. The topological polar surface area (TPSA) is 109 Å². The molecule has 6 nitrogen and oxygen atoms in total. The number of carboxylic acid groups (broad SMARTS) is 1. The van der Waals surface area contributed by atoms with Gasteiger partial charge in [-0.15, -0.1) is 0 Å². The first-order valence-electron chi connectivity index (χ1n) is 7.40. The van der Waals surface area contributed by atoms with Gasteiger partial charge < -0.3 is 16.2 Å². The first-order valence-corrected chi connectivity index (χ1v) is 7.40. The van der Waals surface area contributed by atoms with Crippen molar-refractivity contribution in [3.8, 4) is 0 Å². The summed E-state index contributed by atoms with van der Waals surface area (Å²) in [5, 5.41) is 11.3. The van der Waals surface area contributed by atoms with Crippen molar-refractivity contribution in [2.75, 3.05) is 6.54 Å². The van der Waals surface area contributed by atoms with E-state index in [0.717, 1.165) is 25.7 Å². The van der Waals surface area contributed by atoms with Crippen molar-refractivity contribution in [3.05, 3.63) is 35.4 Å². The third-order valence-electron chi connectivity index (χ3n) is 3.26. The van der Waals surface area contributed by atoms with Crippen LogP contribution in [0.5, 0.6) is 0 Å². The number of benzene rings is 1. The maximum absolute atomic E-state index is 11.9. The highest BCUT2D eigenvalue weighted by Crippen LogP contribution is 2.06. The van der Waals surface area contributed by atoms with Gasteiger partial charge in [0.05, 0.1) is 0 Å². The van der Waals surface area contributed by atoms with Gasteiger partial charge in [0.1, 0.15) is 0 Å². The summed E-state index contributed by atoms with van der Waals surface area (Å²) in [6.07, 6.45) is 4.55. The zero-order chi connectivity index (χ0) is 16.4. The number of primary amides is 1. The molecule has 4 N–H and O–H groups in total. The summed E-state index contributed by atoms with van der Waals surface area (Å²) in [7, 11) is 0. The first-order chi connectivity index (χ1) is 10.5. The normalized spacial score (nSPS) is 10.2. The quantitative estimate of drug-likeness (QED) is 0.574. The lowest BCUT2D eigenvalue weighted by atomic mass is 10.1. The SMILES string of the molecule is NC(=O)c1cccc(C(=O)NCCCCCCCC(=O)O)c1. The second-order valence-corrected chi connectivity index (χ2v) is 5.11. The molecular formula is C16H22N2O4. The van der Waals surface area contributed by atoms with Gasteiger partial charge in [-0.05, 0) is 31.0 Å². The second kappa shape index (κ2) is 9.55. The highest BCUT2D eigenvalue weighted by Gasteiger charge is 2.07. The van der Waals surface area contributed by atoms with Gasteiger partial charge >= 0.3 is 5.97 Å². The smallest absolute Gasteiger partial charge is 0.303 e. The molecule has 0 unspecified atom stereocenters. The van der Waals surface area contributed by atoms with E-state index in [2.05, 4.69) is 5.32 Å². The molecule has 2 amide bonds. The van der Waals surface area contributed by atoms with Crippen LogP contribution in [0.25, 0.3) is 0 Å². The van der Waals surface area contributed by atoms with E-state index in [4.69, 9.17) is 10.8 Å². The molecule has 0 spiro atoms. The number of hydrogen-bond acceptors (Lipinski definition) is 3. The van der Waals surface area contributed by atoms with Crippen molar-refractivity contribution in [3.63, 3.8) is 0 Å². The third-order valence-corrected chi connectivity index (χ3v) is 3.26. The number of carbonyl (C=O) groups is 3. The number of nitrogens with one attached hydrogen (secondary N) is 1. The van der Waals surface area contributed by atoms with E-state index in [0.29, 0.717) is 24.1 Å². The van der Waals surface area contributed by atoms with Crippen molar-refractivity contribution < 1.29 is 19.5 Å². The number of aliphatic carboxylic acids is 1. The molecule has 22 heavy (non-hydrogen) atoms. The predicted molar refractivity (Wildman–Crippen MR) is 82.6 cm³/mol. The zero-order valence-electron chi connectivity index (χ0n) is 12.5. The van der Waals surface area contributed by atoms with Crippen LogP contribution in [0, 0.1) is 0 Å². The number of amides is 2. The van der Waals surface area contributed by atoms with Crippen LogP contribution in [-0.2, 0) is 4.79 Å². The molecule has 6 heteroatoms. The lowest BCUT2D eigenvalue weighted by Crippen LogP contribution is -2.25. The monoisotopic (exact) mass is 306 g/mol. The Labute approximate surface area is 129 Å². The molecule has 0 atom stereocenters. The summed E-state index contributed by atoms with van der Waals surface area (Å²) in [5.41, 5.74) is 5.90. The third kappa shape index (κ3) is 6.88. The summed E-state index contributed by atoms with van der Waals surface area (Å²) in [5.74, 6) is -1.55. The number of nitrogens with two attached hydrogens (primary N) is 1. The summed E-state index contributed by atoms with van der Waals surface area (Å²) < 4.78 is 0. The standard InChI is InChI=1S/C16H22N2O4/c17-15(21)12-7-6-8-13(11-12)16(22)18-10-5-3-1-2-4-9-14(19)20/h6-8,11H,1-5,9-10H2,(H2,17,21)(H,18,22)(H,19,20). The van der Waals surface area contributed by atoms with Crippen LogP contribution in [0.4, 0.5) is 0 Å². The number of unbranched alkanes of at least 4 members (excludes halogenated alkanes) is 4. The van der Waals surface area contributed by atoms with E-state index in [1.54, 1.807) is 18.2 Å². The number of hydrogen-bond donors (Lipinski definition) is 3. The van der Waals surface area contributed by atoms with E-state index in [-0.39, 0.29) is 12.3 Å². The van der Waals surface area contributed by atoms with Crippen LogP contribution in [0.1, 0.15) is 59.2 Å². The van der Waals surface area contributed by atoms with Crippen LogP contribution in [0.15, 0.2) is 24.3 Å². The average Bonchev–Trinajstić information content (AvgIpc) is 2.49. The van der Waals surface area contributed by atoms with E-state index in [1.165, 1.54) is 6.07 Å². The molecule has 1 rings (SSSR count). The highest BCUT2D eigenvalue weighted by molar-refractivity contribution is 5.99. The lowest BCUT2D eigenvalue weighted by molar-refractivity contribution is -0.137. The Balaban J connectivity index is 2.19. The van der Waals surface area contributed by atoms with Gasteiger partial charge in [0.25, 0.3) is 5.91 Å². The minimum Gasteiger partial charge on any atom is -0.481 e. The largest absolute Gasteiger partial charge is 0.481 e. The molecule has 0 aliphatic carbocycles. The van der Waals surface area contributed by atoms with Crippen molar-refractivity contribution in [1.82, 2.24) is 5.32 Å². The van der Waals surface area contributed by atoms with Gasteiger partial charge in [-0.2, -0.15) is 0 Å². The minimum absolute atomic E-state index is 0.215. The molecule has 0 saturated carbocycles. The highest BCUT2D eigenvalue weighted by atomic mass is 16.4. The number of carboxylic acids is 1. The molecule has 1 aromatic rings. The minimum atomic E-state index is -0.759. The van der Waals surface area contributed by atoms with Gasteiger partial charge in [-0.1, -0.05) is 25.3 Å². The average molecular weight is 306 g/mol. The fourth-order valence-corrected chi connectivity index (χ4v) is 2.05.